The number of carbonyl (C=O) groups excluding carboxylic acids is 1. The van der Waals surface area contributed by atoms with Crippen molar-refractivity contribution in [2.24, 2.45) is 5.73 Å². The number of nitrogens with one attached hydrogen (secondary N) is 1. The third kappa shape index (κ3) is 3.29. The summed E-state index contributed by atoms with van der Waals surface area (Å²) >= 11 is 6.17. The first-order valence-electron chi connectivity index (χ1n) is 6.11. The van der Waals surface area contributed by atoms with Crippen molar-refractivity contribution in [3.8, 4) is 11.5 Å². The Morgan fingerprint density at radius 1 is 1.25 bits per heavy atom. The van der Waals surface area contributed by atoms with Crippen molar-refractivity contribution in [3.05, 3.63) is 58.6 Å². The van der Waals surface area contributed by atoms with E-state index in [1.54, 1.807) is 30.3 Å². The lowest BCUT2D eigenvalue weighted by molar-refractivity contribution is 0.100. The van der Waals surface area contributed by atoms with Gasteiger partial charge >= 0.3 is 0 Å². The Kier molecular flexibility index (Phi) is 4.61. The highest BCUT2D eigenvalue weighted by molar-refractivity contribution is 6.32. The zero-order valence-electron chi connectivity index (χ0n) is 11.0. The number of primary amides is 1. The van der Waals surface area contributed by atoms with Crippen LogP contribution in [0, 0.1) is 0 Å². The molecule has 5 heteroatoms. The van der Waals surface area contributed by atoms with Gasteiger partial charge in [-0.2, -0.15) is 0 Å². The van der Waals surface area contributed by atoms with Crippen LogP contribution in [0.4, 0.5) is 0 Å². The summed E-state index contributed by atoms with van der Waals surface area (Å²) in [7, 11) is 1.85. The average Bonchev–Trinajstić information content (AvgIpc) is 2.43. The predicted octanol–water partition coefficient (Wildman–Crippen LogP) is 2.95. The number of hydrogen-bond donors (Lipinski definition) is 2. The van der Waals surface area contributed by atoms with Gasteiger partial charge in [-0.1, -0.05) is 23.7 Å². The second kappa shape index (κ2) is 6.41. The van der Waals surface area contributed by atoms with Gasteiger partial charge in [0.2, 0.25) is 5.91 Å². The normalized spacial score (nSPS) is 10.3. The second-order valence-corrected chi connectivity index (χ2v) is 4.66. The van der Waals surface area contributed by atoms with E-state index in [1.807, 2.05) is 19.2 Å². The van der Waals surface area contributed by atoms with Crippen LogP contribution in [-0.2, 0) is 6.54 Å². The minimum absolute atomic E-state index is 0.437. The summed E-state index contributed by atoms with van der Waals surface area (Å²) in [6, 6.07) is 12.2. The summed E-state index contributed by atoms with van der Waals surface area (Å²) in [5.41, 5.74) is 6.59. The third-order valence-corrected chi connectivity index (χ3v) is 3.07. The van der Waals surface area contributed by atoms with Crippen molar-refractivity contribution >= 4 is 17.5 Å². The highest BCUT2D eigenvalue weighted by Crippen LogP contribution is 2.33. The van der Waals surface area contributed by atoms with Gasteiger partial charge in [0.25, 0.3) is 0 Å². The van der Waals surface area contributed by atoms with E-state index >= 15 is 0 Å². The zero-order valence-corrected chi connectivity index (χ0v) is 11.8. The van der Waals surface area contributed by atoms with Crippen LogP contribution >= 0.6 is 11.6 Å². The Balaban J connectivity index is 2.27. The smallest absolute Gasteiger partial charge is 0.248 e. The molecule has 0 spiro atoms. The molecule has 1 amide bonds. The highest BCUT2D eigenvalue weighted by Gasteiger charge is 2.09. The molecular weight excluding hydrogens is 276 g/mol. The molecule has 2 aromatic rings. The Morgan fingerprint density at radius 3 is 2.55 bits per heavy atom. The lowest BCUT2D eigenvalue weighted by Crippen LogP contribution is -2.10. The molecule has 0 fully saturated rings. The van der Waals surface area contributed by atoms with Crippen LogP contribution in [0.25, 0.3) is 0 Å². The van der Waals surface area contributed by atoms with Gasteiger partial charge in [-0.3, -0.25) is 4.79 Å². The topological polar surface area (TPSA) is 64.3 Å². The monoisotopic (exact) mass is 290 g/mol. The predicted molar refractivity (Wildman–Crippen MR) is 79.2 cm³/mol. The Hall–Kier alpha value is -2.04. The van der Waals surface area contributed by atoms with Crippen molar-refractivity contribution in [2.45, 2.75) is 6.54 Å². The van der Waals surface area contributed by atoms with Gasteiger partial charge in [0.15, 0.2) is 0 Å². The second-order valence-electron chi connectivity index (χ2n) is 4.25. The van der Waals surface area contributed by atoms with Gasteiger partial charge in [-0.05, 0) is 37.4 Å². The van der Waals surface area contributed by atoms with Crippen molar-refractivity contribution in [3.63, 3.8) is 0 Å². The van der Waals surface area contributed by atoms with Crippen molar-refractivity contribution in [1.82, 2.24) is 5.32 Å². The van der Waals surface area contributed by atoms with Gasteiger partial charge in [0, 0.05) is 17.7 Å². The lowest BCUT2D eigenvalue weighted by Gasteiger charge is -2.12. The first-order valence-corrected chi connectivity index (χ1v) is 6.49. The van der Waals surface area contributed by atoms with Crippen LogP contribution in [0.1, 0.15) is 15.9 Å². The van der Waals surface area contributed by atoms with Gasteiger partial charge in [-0.25, -0.2) is 0 Å². The average molecular weight is 291 g/mol. The number of amides is 1. The number of benzene rings is 2. The molecule has 0 bridgehead atoms. The van der Waals surface area contributed by atoms with E-state index < -0.39 is 5.91 Å². The number of hydrogen-bond acceptors (Lipinski definition) is 3. The quantitative estimate of drug-likeness (QED) is 0.890. The highest BCUT2D eigenvalue weighted by atomic mass is 35.5. The van der Waals surface area contributed by atoms with Crippen LogP contribution in [0.15, 0.2) is 42.5 Å². The maximum atomic E-state index is 11.0. The fraction of sp³-hybridized carbons (Fsp3) is 0.133. The van der Waals surface area contributed by atoms with E-state index in [2.05, 4.69) is 5.32 Å². The van der Waals surface area contributed by atoms with E-state index in [4.69, 9.17) is 22.1 Å². The Labute approximate surface area is 122 Å². The number of ether oxygens (including phenoxy) is 1. The molecule has 0 saturated heterocycles. The molecule has 0 aromatic heterocycles. The number of carbonyl (C=O) groups is 1. The molecule has 0 aliphatic heterocycles. The summed E-state index contributed by atoms with van der Waals surface area (Å²) in [5.74, 6) is 0.737. The minimum atomic E-state index is -0.467. The number of nitrogens with two attached hydrogens (primary N) is 1. The molecule has 0 radical (unpaired) electrons. The zero-order chi connectivity index (χ0) is 14.5. The number of rotatable bonds is 5. The van der Waals surface area contributed by atoms with Crippen LogP contribution in [0.3, 0.4) is 0 Å². The first kappa shape index (κ1) is 14.4. The molecule has 0 atom stereocenters. The van der Waals surface area contributed by atoms with Crippen LogP contribution in [-0.4, -0.2) is 13.0 Å². The molecule has 3 N–H and O–H groups in total. The standard InChI is InChI=1S/C15H15ClN2O2/c1-18-9-11-3-2-4-13(16)14(11)20-12-7-5-10(6-8-12)15(17)19/h2-8,18H,9H2,1H3,(H2,17,19). The molecule has 0 unspecified atom stereocenters. The SMILES string of the molecule is CNCc1cccc(Cl)c1Oc1ccc(C(N)=O)cc1. The summed E-state index contributed by atoms with van der Waals surface area (Å²) in [5, 5.41) is 3.60. The van der Waals surface area contributed by atoms with Crippen LogP contribution < -0.4 is 15.8 Å². The lowest BCUT2D eigenvalue weighted by atomic mass is 10.2. The van der Waals surface area contributed by atoms with E-state index in [9.17, 15) is 4.79 Å². The molecule has 2 aromatic carbocycles. The van der Waals surface area contributed by atoms with E-state index in [1.165, 1.54) is 0 Å². The van der Waals surface area contributed by atoms with Gasteiger partial charge in [0.1, 0.15) is 11.5 Å². The summed E-state index contributed by atoms with van der Waals surface area (Å²) in [6.07, 6.45) is 0. The minimum Gasteiger partial charge on any atom is -0.455 e. The molecule has 0 saturated carbocycles. The van der Waals surface area contributed by atoms with E-state index in [0.717, 1.165) is 5.56 Å². The van der Waals surface area contributed by atoms with E-state index in [-0.39, 0.29) is 0 Å². The Bertz CT molecular complexity index is 612. The van der Waals surface area contributed by atoms with Crippen LogP contribution in [0.5, 0.6) is 11.5 Å². The van der Waals surface area contributed by atoms with Crippen LogP contribution in [0.2, 0.25) is 5.02 Å². The molecule has 0 aliphatic carbocycles. The number of halogens is 1. The maximum Gasteiger partial charge on any atom is 0.248 e. The summed E-state index contributed by atoms with van der Waals surface area (Å²) < 4.78 is 5.80. The van der Waals surface area contributed by atoms with E-state index in [0.29, 0.717) is 28.6 Å². The molecule has 0 aliphatic rings. The van der Waals surface area contributed by atoms with Crippen molar-refractivity contribution in [2.75, 3.05) is 7.05 Å². The molecule has 20 heavy (non-hydrogen) atoms. The first-order chi connectivity index (χ1) is 9.61. The maximum absolute atomic E-state index is 11.0. The van der Waals surface area contributed by atoms with Crippen molar-refractivity contribution in [1.29, 1.82) is 0 Å². The molecule has 104 valence electrons. The molecule has 2 rings (SSSR count). The van der Waals surface area contributed by atoms with Crippen molar-refractivity contribution < 1.29 is 9.53 Å². The van der Waals surface area contributed by atoms with Gasteiger partial charge in [0.05, 0.1) is 5.02 Å². The Morgan fingerprint density at radius 2 is 1.95 bits per heavy atom. The third-order valence-electron chi connectivity index (χ3n) is 2.77. The summed E-state index contributed by atoms with van der Waals surface area (Å²) in [4.78, 5) is 11.0. The number of para-hydroxylation sites is 1. The fourth-order valence-corrected chi connectivity index (χ4v) is 2.04. The molecular formula is C15H15ClN2O2. The fourth-order valence-electron chi connectivity index (χ4n) is 1.80. The van der Waals surface area contributed by atoms with Gasteiger partial charge < -0.3 is 15.8 Å². The molecule has 4 nitrogen and oxygen atoms in total. The summed E-state index contributed by atoms with van der Waals surface area (Å²) in [6.45, 7) is 0.648. The van der Waals surface area contributed by atoms with Gasteiger partial charge in [-0.15, -0.1) is 0 Å². The molecule has 0 heterocycles. The largest absolute Gasteiger partial charge is 0.455 e.